The Morgan fingerprint density at radius 1 is 1.30 bits per heavy atom. The van der Waals surface area contributed by atoms with Gasteiger partial charge < -0.3 is 19.6 Å². The molecule has 1 aromatic heterocycles. The lowest BCUT2D eigenvalue weighted by atomic mass is 10.0. The highest BCUT2D eigenvalue weighted by Gasteiger charge is 2.22. The monoisotopic (exact) mass is 393 g/mol. The van der Waals surface area contributed by atoms with E-state index in [1.54, 1.807) is 26.0 Å². The Bertz CT molecular complexity index is 921. The summed E-state index contributed by atoms with van der Waals surface area (Å²) in [5, 5.41) is 12.4. The fourth-order valence-electron chi connectivity index (χ4n) is 2.90. The van der Waals surface area contributed by atoms with Gasteiger partial charge >= 0.3 is 11.6 Å². The first kappa shape index (κ1) is 20.8. The number of carbonyl (C=O) groups is 2. The van der Waals surface area contributed by atoms with Crippen molar-refractivity contribution in [2.45, 2.75) is 32.7 Å². The van der Waals surface area contributed by atoms with Crippen molar-refractivity contribution in [3.05, 3.63) is 39.2 Å². The lowest BCUT2D eigenvalue weighted by Gasteiger charge is -2.15. The van der Waals surface area contributed by atoms with Gasteiger partial charge in [-0.2, -0.15) is 11.8 Å². The highest BCUT2D eigenvalue weighted by Crippen LogP contribution is 2.29. The molecule has 0 aliphatic rings. The summed E-state index contributed by atoms with van der Waals surface area (Å²) in [4.78, 5) is 36.0. The molecule has 0 radical (unpaired) electrons. The fraction of sp³-hybridized carbons (Fsp3) is 0.421. The second kappa shape index (κ2) is 8.94. The van der Waals surface area contributed by atoms with E-state index in [9.17, 15) is 19.5 Å². The molecule has 2 rings (SSSR count). The SMILES string of the molecule is COc1ccc2c(C)c(CC(=O)N[C@@H](CCSC)C(=O)O)c(=O)oc2c1C. The zero-order valence-corrected chi connectivity index (χ0v) is 16.6. The molecule has 2 aromatic rings. The molecule has 0 spiro atoms. The lowest BCUT2D eigenvalue weighted by molar-refractivity contribution is -0.141. The highest BCUT2D eigenvalue weighted by molar-refractivity contribution is 7.98. The number of aryl methyl sites for hydroxylation is 2. The normalized spacial score (nSPS) is 12.0. The molecule has 0 bridgehead atoms. The predicted molar refractivity (Wildman–Crippen MR) is 105 cm³/mol. The summed E-state index contributed by atoms with van der Waals surface area (Å²) in [6.45, 7) is 3.54. The lowest BCUT2D eigenvalue weighted by Crippen LogP contribution is -2.42. The molecule has 8 heteroatoms. The van der Waals surface area contributed by atoms with E-state index in [0.717, 1.165) is 0 Å². The third-order valence-electron chi connectivity index (χ3n) is 4.46. The third kappa shape index (κ3) is 4.63. The molecule has 0 saturated carbocycles. The number of thioether (sulfide) groups is 1. The number of fused-ring (bicyclic) bond motifs is 1. The van der Waals surface area contributed by atoms with Crippen LogP contribution in [-0.2, 0) is 16.0 Å². The number of rotatable bonds is 8. The van der Waals surface area contributed by atoms with Crippen LogP contribution in [0, 0.1) is 13.8 Å². The third-order valence-corrected chi connectivity index (χ3v) is 5.10. The molecule has 1 amide bonds. The summed E-state index contributed by atoms with van der Waals surface area (Å²) in [5.74, 6) is -0.408. The van der Waals surface area contributed by atoms with Crippen molar-refractivity contribution in [1.29, 1.82) is 0 Å². The van der Waals surface area contributed by atoms with Crippen LogP contribution in [-0.4, -0.2) is 42.1 Å². The van der Waals surface area contributed by atoms with E-state index in [2.05, 4.69) is 5.32 Å². The number of hydrogen-bond acceptors (Lipinski definition) is 6. The Balaban J connectivity index is 2.32. The molecule has 0 saturated heterocycles. The Hall–Kier alpha value is -2.48. The molecule has 7 nitrogen and oxygen atoms in total. The van der Waals surface area contributed by atoms with Crippen molar-refractivity contribution in [3.8, 4) is 5.75 Å². The Kier molecular flexibility index (Phi) is 6.90. The minimum absolute atomic E-state index is 0.221. The van der Waals surface area contributed by atoms with E-state index in [0.29, 0.717) is 40.0 Å². The number of amides is 1. The van der Waals surface area contributed by atoms with Gasteiger partial charge in [-0.3, -0.25) is 4.79 Å². The first-order valence-corrected chi connectivity index (χ1v) is 9.80. The van der Waals surface area contributed by atoms with E-state index in [1.165, 1.54) is 18.9 Å². The van der Waals surface area contributed by atoms with E-state index >= 15 is 0 Å². The van der Waals surface area contributed by atoms with Crippen LogP contribution in [0.2, 0.25) is 0 Å². The number of hydrogen-bond donors (Lipinski definition) is 2. The predicted octanol–water partition coefficient (Wildman–Crippen LogP) is 2.28. The zero-order valence-electron chi connectivity index (χ0n) is 15.8. The van der Waals surface area contributed by atoms with Gasteiger partial charge in [0.05, 0.1) is 19.1 Å². The summed E-state index contributed by atoms with van der Waals surface area (Å²) < 4.78 is 10.7. The van der Waals surface area contributed by atoms with Gasteiger partial charge in [-0.15, -0.1) is 0 Å². The molecule has 2 N–H and O–H groups in total. The summed E-state index contributed by atoms with van der Waals surface area (Å²) in [7, 11) is 1.54. The maximum atomic E-state index is 12.4. The molecule has 0 aliphatic carbocycles. The van der Waals surface area contributed by atoms with Crippen LogP contribution in [0.15, 0.2) is 21.3 Å². The van der Waals surface area contributed by atoms with E-state index in [4.69, 9.17) is 9.15 Å². The van der Waals surface area contributed by atoms with Crippen molar-refractivity contribution >= 4 is 34.6 Å². The van der Waals surface area contributed by atoms with Crippen molar-refractivity contribution in [2.75, 3.05) is 19.1 Å². The largest absolute Gasteiger partial charge is 0.496 e. The van der Waals surface area contributed by atoms with Gasteiger partial charge in [0, 0.05) is 10.9 Å². The van der Waals surface area contributed by atoms with Crippen LogP contribution in [0.3, 0.4) is 0 Å². The second-order valence-corrected chi connectivity index (χ2v) is 7.16. The van der Waals surface area contributed by atoms with Crippen molar-refractivity contribution in [1.82, 2.24) is 5.32 Å². The quantitative estimate of drug-likeness (QED) is 0.663. The smallest absolute Gasteiger partial charge is 0.340 e. The average Bonchev–Trinajstić information content (AvgIpc) is 2.62. The van der Waals surface area contributed by atoms with Crippen molar-refractivity contribution in [2.24, 2.45) is 0 Å². The second-order valence-electron chi connectivity index (χ2n) is 6.18. The highest BCUT2D eigenvalue weighted by atomic mass is 32.2. The van der Waals surface area contributed by atoms with Crippen molar-refractivity contribution in [3.63, 3.8) is 0 Å². The van der Waals surface area contributed by atoms with Gasteiger partial charge in [0.1, 0.15) is 17.4 Å². The number of benzene rings is 1. The number of carboxylic acids is 1. The van der Waals surface area contributed by atoms with Crippen LogP contribution >= 0.6 is 11.8 Å². The number of carbonyl (C=O) groups excluding carboxylic acids is 1. The van der Waals surface area contributed by atoms with Gasteiger partial charge in [-0.05, 0) is 50.0 Å². The maximum absolute atomic E-state index is 12.4. The van der Waals surface area contributed by atoms with Gasteiger partial charge in [0.15, 0.2) is 0 Å². The molecule has 0 unspecified atom stereocenters. The molecule has 1 atom stereocenters. The van der Waals surface area contributed by atoms with Crippen molar-refractivity contribution < 1.29 is 23.8 Å². The number of nitrogens with one attached hydrogen (secondary N) is 1. The molecule has 27 heavy (non-hydrogen) atoms. The molecule has 0 aliphatic heterocycles. The summed E-state index contributed by atoms with van der Waals surface area (Å²) >= 11 is 1.50. The van der Waals surface area contributed by atoms with Gasteiger partial charge in [0.25, 0.3) is 0 Å². The number of carboxylic acid groups (broad SMARTS) is 1. The van der Waals surface area contributed by atoms with Crippen LogP contribution < -0.4 is 15.7 Å². The molecule has 0 fully saturated rings. The standard InChI is InChI=1S/C19H23NO6S/c1-10-12-5-6-15(25-3)11(2)17(12)26-19(24)13(10)9-16(21)20-14(18(22)23)7-8-27-4/h5-6,14H,7-9H2,1-4H3,(H,20,21)(H,22,23)/t14-/m0/s1. The first-order valence-electron chi connectivity index (χ1n) is 8.41. The fourth-order valence-corrected chi connectivity index (χ4v) is 3.37. The number of methoxy groups -OCH3 is 1. The molecule has 146 valence electrons. The minimum Gasteiger partial charge on any atom is -0.496 e. The van der Waals surface area contributed by atoms with Gasteiger partial charge in [-0.25, -0.2) is 9.59 Å². The summed E-state index contributed by atoms with van der Waals surface area (Å²) in [6, 6.07) is 2.57. The molecule has 1 heterocycles. The molecular weight excluding hydrogens is 370 g/mol. The first-order chi connectivity index (χ1) is 12.8. The summed E-state index contributed by atoms with van der Waals surface area (Å²) in [6.07, 6.45) is 1.94. The Labute approximate surface area is 161 Å². The van der Waals surface area contributed by atoms with Crippen LogP contribution in [0.4, 0.5) is 0 Å². The Morgan fingerprint density at radius 2 is 2.00 bits per heavy atom. The zero-order chi connectivity index (χ0) is 20.1. The number of aliphatic carboxylic acids is 1. The molecular formula is C19H23NO6S. The van der Waals surface area contributed by atoms with Crippen LogP contribution in [0.25, 0.3) is 11.0 Å². The van der Waals surface area contributed by atoms with E-state index < -0.39 is 23.5 Å². The maximum Gasteiger partial charge on any atom is 0.340 e. The van der Waals surface area contributed by atoms with Gasteiger partial charge in [-0.1, -0.05) is 0 Å². The average molecular weight is 393 g/mol. The van der Waals surface area contributed by atoms with Crippen LogP contribution in [0.5, 0.6) is 5.75 Å². The van der Waals surface area contributed by atoms with Crippen LogP contribution in [0.1, 0.15) is 23.1 Å². The van der Waals surface area contributed by atoms with Gasteiger partial charge in [0.2, 0.25) is 5.91 Å². The summed E-state index contributed by atoms with van der Waals surface area (Å²) in [5.41, 5.74) is 1.37. The van der Waals surface area contributed by atoms with E-state index in [-0.39, 0.29) is 12.0 Å². The minimum atomic E-state index is -1.10. The molecule has 1 aromatic carbocycles. The Morgan fingerprint density at radius 3 is 2.59 bits per heavy atom. The van der Waals surface area contributed by atoms with E-state index in [1.807, 2.05) is 6.26 Å². The number of ether oxygens (including phenoxy) is 1. The topological polar surface area (TPSA) is 106 Å².